The van der Waals surface area contributed by atoms with Crippen LogP contribution in [0.4, 0.5) is 13.2 Å². The number of furan rings is 1. The lowest BCUT2D eigenvalue weighted by atomic mass is 10.0. The Kier molecular flexibility index (Phi) is 3.26. The first-order valence-corrected chi connectivity index (χ1v) is 4.68. The summed E-state index contributed by atoms with van der Waals surface area (Å²) < 4.78 is 42.5. The first-order valence-electron chi connectivity index (χ1n) is 3.89. The minimum atomic E-state index is -4.36. The van der Waals surface area contributed by atoms with Gasteiger partial charge >= 0.3 is 6.18 Å². The van der Waals surface area contributed by atoms with Crippen LogP contribution in [0.2, 0.25) is 0 Å². The van der Waals surface area contributed by atoms with Crippen molar-refractivity contribution in [1.82, 2.24) is 0 Å². The maximum absolute atomic E-state index is 12.4. The second kappa shape index (κ2) is 3.94. The van der Waals surface area contributed by atoms with Crippen molar-refractivity contribution in [3.05, 3.63) is 22.1 Å². The van der Waals surface area contributed by atoms with E-state index in [4.69, 9.17) is 10.2 Å². The third kappa shape index (κ3) is 2.30. The van der Waals surface area contributed by atoms with Gasteiger partial charge in [-0.3, -0.25) is 0 Å². The van der Waals surface area contributed by atoms with E-state index in [0.717, 1.165) is 0 Å². The minimum absolute atomic E-state index is 0.119. The molecule has 1 aromatic heterocycles. The summed E-state index contributed by atoms with van der Waals surface area (Å²) in [6.07, 6.45) is -4.36. The molecular formula is C8H9BrF3NO. The predicted octanol–water partition coefficient (Wildman–Crippen LogP) is 2.96. The van der Waals surface area contributed by atoms with Crippen molar-refractivity contribution < 1.29 is 17.6 Å². The molecule has 1 unspecified atom stereocenters. The molecule has 0 aromatic carbocycles. The van der Waals surface area contributed by atoms with E-state index in [-0.39, 0.29) is 10.4 Å². The third-order valence-electron chi connectivity index (χ3n) is 1.87. The van der Waals surface area contributed by atoms with Crippen LogP contribution in [0.3, 0.4) is 0 Å². The molecule has 2 N–H and O–H groups in total. The summed E-state index contributed by atoms with van der Waals surface area (Å²) in [5.41, 5.74) is 5.52. The summed E-state index contributed by atoms with van der Waals surface area (Å²) in [6, 6.07) is 1.49. The lowest BCUT2D eigenvalue weighted by Crippen LogP contribution is -2.28. The van der Waals surface area contributed by atoms with Crippen molar-refractivity contribution >= 4 is 15.9 Å². The zero-order chi connectivity index (χ0) is 10.9. The summed E-state index contributed by atoms with van der Waals surface area (Å²) >= 11 is 2.97. The van der Waals surface area contributed by atoms with Gasteiger partial charge < -0.3 is 10.2 Å². The molecule has 0 aliphatic carbocycles. The van der Waals surface area contributed by atoms with Crippen LogP contribution in [-0.2, 0) is 0 Å². The zero-order valence-electron chi connectivity index (χ0n) is 7.36. The monoisotopic (exact) mass is 271 g/mol. The SMILES string of the molecule is Cc1cc(Br)oc1C(CN)C(F)(F)F. The second-order valence-corrected chi connectivity index (χ2v) is 3.71. The van der Waals surface area contributed by atoms with E-state index in [0.29, 0.717) is 5.56 Å². The summed E-state index contributed by atoms with van der Waals surface area (Å²) in [6.45, 7) is 1.04. The lowest BCUT2D eigenvalue weighted by molar-refractivity contribution is -0.151. The van der Waals surface area contributed by atoms with E-state index in [1.54, 1.807) is 6.92 Å². The number of hydrogen-bond acceptors (Lipinski definition) is 2. The van der Waals surface area contributed by atoms with E-state index >= 15 is 0 Å². The van der Waals surface area contributed by atoms with Crippen molar-refractivity contribution in [3.8, 4) is 0 Å². The van der Waals surface area contributed by atoms with Gasteiger partial charge in [0, 0.05) is 6.54 Å². The zero-order valence-corrected chi connectivity index (χ0v) is 8.95. The van der Waals surface area contributed by atoms with Gasteiger partial charge in [0.1, 0.15) is 11.7 Å². The smallest absolute Gasteiger partial charge is 0.400 e. The van der Waals surface area contributed by atoms with Crippen LogP contribution in [0.15, 0.2) is 15.2 Å². The summed E-state index contributed by atoms with van der Waals surface area (Å²) in [4.78, 5) is 0. The van der Waals surface area contributed by atoms with Gasteiger partial charge in [-0.05, 0) is 34.5 Å². The molecule has 0 radical (unpaired) electrons. The van der Waals surface area contributed by atoms with Crippen LogP contribution in [0.25, 0.3) is 0 Å². The average molecular weight is 272 g/mol. The fourth-order valence-corrected chi connectivity index (χ4v) is 1.71. The maximum Gasteiger partial charge on any atom is 0.400 e. The van der Waals surface area contributed by atoms with E-state index < -0.39 is 18.6 Å². The largest absolute Gasteiger partial charge is 0.453 e. The van der Waals surface area contributed by atoms with Crippen LogP contribution >= 0.6 is 15.9 Å². The highest BCUT2D eigenvalue weighted by molar-refractivity contribution is 9.10. The van der Waals surface area contributed by atoms with E-state index in [2.05, 4.69) is 15.9 Å². The highest BCUT2D eigenvalue weighted by Crippen LogP contribution is 2.37. The number of halogens is 4. The van der Waals surface area contributed by atoms with Gasteiger partial charge in [0.25, 0.3) is 0 Å². The molecule has 0 saturated carbocycles. The molecule has 0 amide bonds. The standard InChI is InChI=1S/C8H9BrF3NO/c1-4-2-6(9)14-7(4)5(3-13)8(10,11)12/h2,5H,3,13H2,1H3. The summed E-state index contributed by atoms with van der Waals surface area (Å²) in [5.74, 6) is -1.85. The molecule has 80 valence electrons. The Morgan fingerprint density at radius 1 is 1.57 bits per heavy atom. The normalized spacial score (nSPS) is 14.4. The maximum atomic E-state index is 12.4. The summed E-state index contributed by atoms with van der Waals surface area (Å²) in [5, 5.41) is 0. The molecular weight excluding hydrogens is 263 g/mol. The first kappa shape index (κ1) is 11.6. The quantitative estimate of drug-likeness (QED) is 0.898. The van der Waals surface area contributed by atoms with Crippen molar-refractivity contribution in [2.45, 2.75) is 19.0 Å². The molecule has 0 aliphatic rings. The van der Waals surface area contributed by atoms with Gasteiger partial charge in [-0.2, -0.15) is 13.2 Å². The number of nitrogens with two attached hydrogens (primary N) is 1. The molecule has 6 heteroatoms. The first-order chi connectivity index (χ1) is 6.36. The molecule has 1 rings (SSSR count). The number of hydrogen-bond donors (Lipinski definition) is 1. The molecule has 0 aliphatic heterocycles. The minimum Gasteiger partial charge on any atom is -0.453 e. The van der Waals surface area contributed by atoms with Crippen LogP contribution in [0, 0.1) is 6.92 Å². The van der Waals surface area contributed by atoms with Crippen molar-refractivity contribution in [2.75, 3.05) is 6.54 Å². The van der Waals surface area contributed by atoms with Crippen LogP contribution in [-0.4, -0.2) is 12.7 Å². The van der Waals surface area contributed by atoms with Crippen LogP contribution in [0.1, 0.15) is 17.2 Å². The fourth-order valence-electron chi connectivity index (χ4n) is 1.19. The molecule has 1 aromatic rings. The molecule has 1 atom stereocenters. The van der Waals surface area contributed by atoms with Gasteiger partial charge in [-0.25, -0.2) is 0 Å². The number of rotatable bonds is 2. The fraction of sp³-hybridized carbons (Fsp3) is 0.500. The molecule has 0 spiro atoms. The van der Waals surface area contributed by atoms with E-state index in [1.807, 2.05) is 0 Å². The average Bonchev–Trinajstić information content (AvgIpc) is 2.29. The predicted molar refractivity (Wildman–Crippen MR) is 49.0 cm³/mol. The highest BCUT2D eigenvalue weighted by atomic mass is 79.9. The lowest BCUT2D eigenvalue weighted by Gasteiger charge is -2.16. The molecule has 2 nitrogen and oxygen atoms in total. The van der Waals surface area contributed by atoms with Crippen molar-refractivity contribution in [2.24, 2.45) is 5.73 Å². The van der Waals surface area contributed by atoms with Crippen LogP contribution in [0.5, 0.6) is 0 Å². The Morgan fingerprint density at radius 2 is 2.14 bits per heavy atom. The molecule has 0 saturated heterocycles. The van der Waals surface area contributed by atoms with Gasteiger partial charge in [0.2, 0.25) is 0 Å². The molecule has 0 bridgehead atoms. The van der Waals surface area contributed by atoms with Gasteiger partial charge in [-0.1, -0.05) is 0 Å². The molecule has 1 heterocycles. The Hall–Kier alpha value is -0.490. The topological polar surface area (TPSA) is 39.2 Å². The summed E-state index contributed by atoms with van der Waals surface area (Å²) in [7, 11) is 0. The van der Waals surface area contributed by atoms with Gasteiger partial charge in [-0.15, -0.1) is 0 Å². The Balaban J connectivity index is 3.07. The Labute approximate surface area is 87.4 Å². The van der Waals surface area contributed by atoms with E-state index in [1.165, 1.54) is 6.07 Å². The molecule has 0 fully saturated rings. The van der Waals surface area contributed by atoms with E-state index in [9.17, 15) is 13.2 Å². The van der Waals surface area contributed by atoms with Crippen LogP contribution < -0.4 is 5.73 Å². The highest BCUT2D eigenvalue weighted by Gasteiger charge is 2.42. The Bertz CT molecular complexity index is 321. The van der Waals surface area contributed by atoms with Crippen molar-refractivity contribution in [3.63, 3.8) is 0 Å². The third-order valence-corrected chi connectivity index (χ3v) is 2.26. The number of aryl methyl sites for hydroxylation is 1. The van der Waals surface area contributed by atoms with Gasteiger partial charge in [0.15, 0.2) is 4.67 Å². The second-order valence-electron chi connectivity index (χ2n) is 2.93. The Morgan fingerprint density at radius 3 is 2.43 bits per heavy atom. The number of alkyl halides is 3. The molecule has 14 heavy (non-hydrogen) atoms. The van der Waals surface area contributed by atoms with Gasteiger partial charge in [0.05, 0.1) is 0 Å². The van der Waals surface area contributed by atoms with Crippen molar-refractivity contribution in [1.29, 1.82) is 0 Å².